The average Bonchev–Trinajstić information content (AvgIpc) is 3.41. The van der Waals surface area contributed by atoms with Crippen molar-refractivity contribution >= 4 is 19.2 Å². The van der Waals surface area contributed by atoms with Crippen LogP contribution in [-0.4, -0.2) is 60.6 Å². The molecular formula is C35H48N4O5Si. The molecule has 2 aromatic heterocycles. The Morgan fingerprint density at radius 1 is 1.02 bits per heavy atom. The number of benzene rings is 2. The minimum absolute atomic E-state index is 0.0835. The van der Waals surface area contributed by atoms with Gasteiger partial charge in [-0.05, 0) is 74.5 Å². The highest BCUT2D eigenvalue weighted by Crippen LogP contribution is 2.39. The fraction of sp³-hybridized carbons (Fsp3) is 0.514. The minimum Gasteiger partial charge on any atom is -0.543 e. The molecule has 1 fully saturated rings. The zero-order valence-electron chi connectivity index (χ0n) is 27.6. The van der Waals surface area contributed by atoms with E-state index in [2.05, 4.69) is 76.1 Å². The first-order valence-corrected chi connectivity index (χ1v) is 19.0. The molecule has 5 rings (SSSR count). The smallest absolute Gasteiger partial charge is 0.250 e. The zero-order valence-corrected chi connectivity index (χ0v) is 28.6. The van der Waals surface area contributed by atoms with Crippen molar-refractivity contribution in [3.05, 3.63) is 66.5 Å². The van der Waals surface area contributed by atoms with Crippen LogP contribution in [0.1, 0.15) is 65.2 Å². The van der Waals surface area contributed by atoms with Gasteiger partial charge in [0.2, 0.25) is 14.2 Å². The third-order valence-electron chi connectivity index (χ3n) is 8.66. The number of nitrogens with zero attached hydrogens (tertiary/aromatic N) is 4. The summed E-state index contributed by atoms with van der Waals surface area (Å²) in [6.07, 6.45) is 7.26. The molecular weight excluding hydrogens is 584 g/mol. The van der Waals surface area contributed by atoms with Crippen LogP contribution >= 0.6 is 0 Å². The van der Waals surface area contributed by atoms with Crippen LogP contribution in [-0.2, 0) is 20.8 Å². The van der Waals surface area contributed by atoms with Crippen molar-refractivity contribution in [1.82, 2.24) is 19.7 Å². The van der Waals surface area contributed by atoms with Gasteiger partial charge in [0.15, 0.2) is 6.23 Å². The second-order valence-electron chi connectivity index (χ2n) is 13.3. The van der Waals surface area contributed by atoms with E-state index in [-0.39, 0.29) is 17.4 Å². The topological polar surface area (TPSA) is 89.8 Å². The van der Waals surface area contributed by atoms with Crippen LogP contribution in [0.15, 0.2) is 60.9 Å². The number of ether oxygens (including phenoxy) is 4. The Kier molecular flexibility index (Phi) is 10.9. The molecule has 4 aromatic rings. The van der Waals surface area contributed by atoms with Gasteiger partial charge in [-0.3, -0.25) is 4.98 Å². The Hall–Kier alpha value is -3.31. The Morgan fingerprint density at radius 3 is 2.60 bits per heavy atom. The van der Waals surface area contributed by atoms with Crippen LogP contribution in [0.4, 0.5) is 0 Å². The zero-order chi connectivity index (χ0) is 31.9. The van der Waals surface area contributed by atoms with Crippen LogP contribution in [0, 0.1) is 0 Å². The minimum atomic E-state index is -2.03. The van der Waals surface area contributed by atoms with Crippen LogP contribution in [0.25, 0.3) is 22.3 Å². The maximum Gasteiger partial charge on any atom is 0.250 e. The highest BCUT2D eigenvalue weighted by Gasteiger charge is 2.39. The molecule has 1 aliphatic rings. The summed E-state index contributed by atoms with van der Waals surface area (Å²) < 4.78 is 32.5. The van der Waals surface area contributed by atoms with Crippen molar-refractivity contribution in [2.45, 2.75) is 90.4 Å². The molecule has 1 aliphatic heterocycles. The quantitative estimate of drug-likeness (QED) is 0.102. The molecule has 0 bridgehead atoms. The van der Waals surface area contributed by atoms with Crippen molar-refractivity contribution in [1.29, 1.82) is 0 Å². The van der Waals surface area contributed by atoms with E-state index in [1.54, 1.807) is 12.4 Å². The molecule has 0 radical (unpaired) electrons. The summed E-state index contributed by atoms with van der Waals surface area (Å²) in [5.41, 5.74) is 3.53. The Bertz CT molecular complexity index is 1520. The van der Waals surface area contributed by atoms with E-state index in [0.717, 1.165) is 54.6 Å². The van der Waals surface area contributed by atoms with Gasteiger partial charge in [0.25, 0.3) is 0 Å². The van der Waals surface area contributed by atoms with Crippen molar-refractivity contribution in [3.8, 4) is 23.0 Å². The molecule has 242 valence electrons. The number of rotatable bonds is 14. The SMILES string of the molecule is CC(CCOCCOc1cncc(-c2nn(C3CCCCO3)c3ccc(O[Si](C)(C)C(C)(C)C)cc23)n1)OCc1ccccc1. The fourth-order valence-corrected chi connectivity index (χ4v) is 5.96. The van der Waals surface area contributed by atoms with Gasteiger partial charge in [0.05, 0.1) is 37.2 Å². The van der Waals surface area contributed by atoms with Crippen molar-refractivity contribution in [2.75, 3.05) is 26.4 Å². The summed E-state index contributed by atoms with van der Waals surface area (Å²) in [7, 11) is -2.03. The van der Waals surface area contributed by atoms with Crippen molar-refractivity contribution < 1.29 is 23.4 Å². The molecule has 0 aliphatic carbocycles. The second-order valence-corrected chi connectivity index (χ2v) is 18.0. The molecule has 0 N–H and O–H groups in total. The predicted octanol–water partition coefficient (Wildman–Crippen LogP) is 7.97. The number of hydrogen-bond acceptors (Lipinski definition) is 8. The summed E-state index contributed by atoms with van der Waals surface area (Å²) in [5, 5.41) is 6.08. The fourth-order valence-electron chi connectivity index (χ4n) is 4.94. The monoisotopic (exact) mass is 632 g/mol. The molecule has 45 heavy (non-hydrogen) atoms. The van der Waals surface area contributed by atoms with Gasteiger partial charge in [0.1, 0.15) is 23.7 Å². The third-order valence-corrected chi connectivity index (χ3v) is 13.0. The second kappa shape index (κ2) is 14.9. The summed E-state index contributed by atoms with van der Waals surface area (Å²) >= 11 is 0. The normalized spacial score (nSPS) is 16.5. The maximum absolute atomic E-state index is 6.67. The van der Waals surface area contributed by atoms with Gasteiger partial charge < -0.3 is 23.4 Å². The number of hydrogen-bond donors (Lipinski definition) is 0. The van der Waals surface area contributed by atoms with Crippen LogP contribution in [0.5, 0.6) is 11.6 Å². The Morgan fingerprint density at radius 2 is 1.84 bits per heavy atom. The van der Waals surface area contributed by atoms with E-state index in [0.29, 0.717) is 38.0 Å². The first kappa shape index (κ1) is 33.1. The van der Waals surface area contributed by atoms with E-state index in [4.69, 9.17) is 33.5 Å². The molecule has 1 saturated heterocycles. The van der Waals surface area contributed by atoms with E-state index in [9.17, 15) is 0 Å². The predicted molar refractivity (Wildman–Crippen MR) is 179 cm³/mol. The lowest BCUT2D eigenvalue weighted by Gasteiger charge is -2.36. The van der Waals surface area contributed by atoms with Crippen LogP contribution < -0.4 is 9.16 Å². The highest BCUT2D eigenvalue weighted by molar-refractivity contribution is 6.74. The van der Waals surface area contributed by atoms with Gasteiger partial charge in [-0.25, -0.2) is 9.67 Å². The molecule has 2 unspecified atom stereocenters. The van der Waals surface area contributed by atoms with Gasteiger partial charge in [-0.15, -0.1) is 0 Å². The van der Waals surface area contributed by atoms with E-state index >= 15 is 0 Å². The maximum atomic E-state index is 6.67. The first-order valence-electron chi connectivity index (χ1n) is 16.1. The van der Waals surface area contributed by atoms with Crippen molar-refractivity contribution in [2.24, 2.45) is 0 Å². The average molecular weight is 633 g/mol. The molecule has 10 heteroatoms. The largest absolute Gasteiger partial charge is 0.543 e. The van der Waals surface area contributed by atoms with Gasteiger partial charge in [0, 0.05) is 18.6 Å². The van der Waals surface area contributed by atoms with E-state index in [1.807, 2.05) is 22.9 Å². The molecule has 0 spiro atoms. The molecule has 3 heterocycles. The highest BCUT2D eigenvalue weighted by atomic mass is 28.4. The molecule has 0 saturated carbocycles. The summed E-state index contributed by atoms with van der Waals surface area (Å²) in [4.78, 5) is 9.22. The lowest BCUT2D eigenvalue weighted by atomic mass is 10.1. The molecule has 0 amide bonds. The molecule has 2 atom stereocenters. The van der Waals surface area contributed by atoms with Crippen LogP contribution in [0.3, 0.4) is 0 Å². The Balaban J connectivity index is 1.23. The number of aromatic nitrogens is 4. The summed E-state index contributed by atoms with van der Waals surface area (Å²) in [6.45, 7) is 16.1. The Labute approximate surface area is 268 Å². The molecule has 9 nitrogen and oxygen atoms in total. The van der Waals surface area contributed by atoms with Crippen molar-refractivity contribution in [3.63, 3.8) is 0 Å². The van der Waals surface area contributed by atoms with Gasteiger partial charge in [-0.2, -0.15) is 5.10 Å². The van der Waals surface area contributed by atoms with Gasteiger partial charge >= 0.3 is 0 Å². The van der Waals surface area contributed by atoms with Crippen LogP contribution in [0.2, 0.25) is 18.1 Å². The lowest BCUT2D eigenvalue weighted by molar-refractivity contribution is -0.0365. The first-order chi connectivity index (χ1) is 21.6. The van der Waals surface area contributed by atoms with E-state index < -0.39 is 8.32 Å². The van der Waals surface area contributed by atoms with Gasteiger partial charge in [-0.1, -0.05) is 51.1 Å². The van der Waals surface area contributed by atoms with E-state index in [1.165, 1.54) is 5.56 Å². The lowest BCUT2D eigenvalue weighted by Crippen LogP contribution is -2.43. The third kappa shape index (κ3) is 8.69. The summed E-state index contributed by atoms with van der Waals surface area (Å²) in [6, 6.07) is 16.4. The molecule has 2 aromatic carbocycles. The standard InChI is InChI=1S/C35H48N4O5Si/c1-26(43-25-27-12-8-7-9-13-27)17-19-40-20-21-41-32-24-36-23-30(37-32)34-29-22-28(44-45(5,6)35(2,3)4)15-16-31(29)39(38-34)33-14-10-11-18-42-33/h7-9,12-13,15-16,22-24,26,33H,10-11,14,17-21,25H2,1-6H3. The summed E-state index contributed by atoms with van der Waals surface area (Å²) in [5.74, 6) is 1.28. The number of fused-ring (bicyclic) bond motifs is 1.